The Labute approximate surface area is 158 Å². The fourth-order valence-electron chi connectivity index (χ4n) is 3.35. The molecule has 0 aliphatic carbocycles. The molecule has 4 rings (SSSR count). The van der Waals surface area contributed by atoms with E-state index >= 15 is 0 Å². The third kappa shape index (κ3) is 3.90. The lowest BCUT2D eigenvalue weighted by Crippen LogP contribution is -2.30. The Bertz CT molecular complexity index is 986. The SMILES string of the molecule is O=C(CCn1ccc2ccccc21)NC(c1ccccc1)c1ccncc1. The van der Waals surface area contributed by atoms with Crippen LogP contribution in [0.4, 0.5) is 0 Å². The molecule has 2 aromatic heterocycles. The number of rotatable bonds is 6. The van der Waals surface area contributed by atoms with Gasteiger partial charge in [0.05, 0.1) is 6.04 Å². The maximum absolute atomic E-state index is 12.7. The molecule has 0 aliphatic heterocycles. The first kappa shape index (κ1) is 17.0. The first-order valence-corrected chi connectivity index (χ1v) is 9.09. The Kier molecular flexibility index (Phi) is 4.97. The van der Waals surface area contributed by atoms with Crippen LogP contribution in [0.15, 0.2) is 91.4 Å². The largest absolute Gasteiger partial charge is 0.347 e. The predicted octanol–water partition coefficient (Wildman–Crippen LogP) is 4.33. The number of amides is 1. The van der Waals surface area contributed by atoms with E-state index in [1.807, 2.05) is 60.8 Å². The lowest BCUT2D eigenvalue weighted by Gasteiger charge is -2.20. The molecule has 1 amide bonds. The van der Waals surface area contributed by atoms with Gasteiger partial charge in [-0.3, -0.25) is 9.78 Å². The normalized spacial score (nSPS) is 12.0. The minimum absolute atomic E-state index is 0.0263. The highest BCUT2D eigenvalue weighted by atomic mass is 16.1. The summed E-state index contributed by atoms with van der Waals surface area (Å²) in [5.74, 6) is 0.0263. The fraction of sp³-hybridized carbons (Fsp3) is 0.130. The predicted molar refractivity (Wildman–Crippen MR) is 107 cm³/mol. The Morgan fingerprint density at radius 3 is 2.41 bits per heavy atom. The molecule has 0 spiro atoms. The average molecular weight is 355 g/mol. The molecular formula is C23H21N3O. The number of nitrogens with one attached hydrogen (secondary N) is 1. The topological polar surface area (TPSA) is 46.9 Å². The van der Waals surface area contributed by atoms with Gasteiger partial charge in [-0.25, -0.2) is 0 Å². The minimum Gasteiger partial charge on any atom is -0.347 e. The van der Waals surface area contributed by atoms with Crippen molar-refractivity contribution in [3.63, 3.8) is 0 Å². The van der Waals surface area contributed by atoms with E-state index in [1.54, 1.807) is 12.4 Å². The van der Waals surface area contributed by atoms with E-state index in [2.05, 4.69) is 33.1 Å². The van der Waals surface area contributed by atoms with Crippen molar-refractivity contribution >= 4 is 16.8 Å². The van der Waals surface area contributed by atoms with Crippen molar-refractivity contribution in [2.45, 2.75) is 19.0 Å². The van der Waals surface area contributed by atoms with Crippen molar-refractivity contribution in [2.24, 2.45) is 0 Å². The highest BCUT2D eigenvalue weighted by Gasteiger charge is 2.16. The highest BCUT2D eigenvalue weighted by molar-refractivity contribution is 5.81. The van der Waals surface area contributed by atoms with Crippen LogP contribution in [0.3, 0.4) is 0 Å². The summed E-state index contributed by atoms with van der Waals surface area (Å²) in [4.78, 5) is 16.8. The maximum atomic E-state index is 12.7. The van der Waals surface area contributed by atoms with E-state index in [0.29, 0.717) is 13.0 Å². The van der Waals surface area contributed by atoms with Crippen molar-refractivity contribution in [1.29, 1.82) is 0 Å². The Hall–Kier alpha value is -3.40. The number of aryl methyl sites for hydroxylation is 1. The zero-order valence-electron chi connectivity index (χ0n) is 15.0. The molecule has 0 radical (unpaired) electrons. The first-order valence-electron chi connectivity index (χ1n) is 9.09. The lowest BCUT2D eigenvalue weighted by atomic mass is 9.99. The van der Waals surface area contributed by atoms with Crippen LogP contribution < -0.4 is 5.32 Å². The van der Waals surface area contributed by atoms with Crippen LogP contribution in [0.25, 0.3) is 10.9 Å². The van der Waals surface area contributed by atoms with Gasteiger partial charge in [0.25, 0.3) is 0 Å². The van der Waals surface area contributed by atoms with Gasteiger partial charge in [-0.1, -0.05) is 48.5 Å². The first-order chi connectivity index (χ1) is 13.3. The average Bonchev–Trinajstić information content (AvgIpc) is 3.15. The van der Waals surface area contributed by atoms with E-state index in [1.165, 1.54) is 5.39 Å². The number of fused-ring (bicyclic) bond motifs is 1. The molecule has 27 heavy (non-hydrogen) atoms. The van der Waals surface area contributed by atoms with E-state index in [9.17, 15) is 4.79 Å². The Morgan fingerprint density at radius 2 is 1.59 bits per heavy atom. The number of hydrogen-bond acceptors (Lipinski definition) is 2. The molecule has 1 atom stereocenters. The smallest absolute Gasteiger partial charge is 0.222 e. The molecule has 2 aromatic carbocycles. The van der Waals surface area contributed by atoms with Gasteiger partial charge in [0.1, 0.15) is 0 Å². The molecule has 2 heterocycles. The van der Waals surface area contributed by atoms with Gasteiger partial charge in [-0.2, -0.15) is 0 Å². The Morgan fingerprint density at radius 1 is 0.889 bits per heavy atom. The number of pyridine rings is 1. The Balaban J connectivity index is 1.49. The van der Waals surface area contributed by atoms with Gasteiger partial charge in [0.2, 0.25) is 5.91 Å². The van der Waals surface area contributed by atoms with Crippen LogP contribution in [0, 0.1) is 0 Å². The van der Waals surface area contributed by atoms with Gasteiger partial charge in [0.15, 0.2) is 0 Å². The summed E-state index contributed by atoms with van der Waals surface area (Å²) >= 11 is 0. The molecular weight excluding hydrogens is 334 g/mol. The molecule has 4 nitrogen and oxygen atoms in total. The van der Waals surface area contributed by atoms with E-state index in [0.717, 1.165) is 16.6 Å². The minimum atomic E-state index is -0.178. The van der Waals surface area contributed by atoms with Crippen molar-refractivity contribution in [3.05, 3.63) is 103 Å². The van der Waals surface area contributed by atoms with Crippen LogP contribution in [0.1, 0.15) is 23.6 Å². The molecule has 0 fully saturated rings. The van der Waals surface area contributed by atoms with Crippen LogP contribution in [-0.2, 0) is 11.3 Å². The second kappa shape index (κ2) is 7.87. The monoisotopic (exact) mass is 355 g/mol. The highest BCUT2D eigenvalue weighted by Crippen LogP contribution is 2.22. The summed E-state index contributed by atoms with van der Waals surface area (Å²) in [6, 6.07) is 24.0. The van der Waals surface area contributed by atoms with Crippen molar-refractivity contribution in [2.75, 3.05) is 0 Å². The zero-order valence-corrected chi connectivity index (χ0v) is 15.0. The van der Waals surface area contributed by atoms with Gasteiger partial charge in [0, 0.05) is 37.1 Å². The van der Waals surface area contributed by atoms with Crippen LogP contribution in [0.5, 0.6) is 0 Å². The van der Waals surface area contributed by atoms with Gasteiger partial charge in [-0.05, 0) is 40.8 Å². The molecule has 1 unspecified atom stereocenters. The second-order valence-corrected chi connectivity index (χ2v) is 6.51. The quantitative estimate of drug-likeness (QED) is 0.559. The number of benzene rings is 2. The second-order valence-electron chi connectivity index (χ2n) is 6.51. The van der Waals surface area contributed by atoms with Crippen LogP contribution >= 0.6 is 0 Å². The van der Waals surface area contributed by atoms with Crippen LogP contribution in [0.2, 0.25) is 0 Å². The van der Waals surface area contributed by atoms with E-state index < -0.39 is 0 Å². The van der Waals surface area contributed by atoms with Gasteiger partial charge in [-0.15, -0.1) is 0 Å². The summed E-state index contributed by atoms with van der Waals surface area (Å²) in [6.07, 6.45) is 5.97. The van der Waals surface area contributed by atoms with E-state index in [4.69, 9.17) is 0 Å². The molecule has 0 bridgehead atoms. The number of para-hydroxylation sites is 1. The summed E-state index contributed by atoms with van der Waals surface area (Å²) in [5.41, 5.74) is 3.23. The molecule has 134 valence electrons. The molecule has 0 saturated heterocycles. The number of nitrogens with zero attached hydrogens (tertiary/aromatic N) is 2. The standard InChI is InChI=1S/C23H21N3O/c27-22(13-17-26-16-12-18-6-4-5-9-21(18)26)25-23(19-7-2-1-3-8-19)20-10-14-24-15-11-20/h1-12,14-16,23H,13,17H2,(H,25,27). The molecule has 0 aliphatic rings. The van der Waals surface area contributed by atoms with Gasteiger partial charge >= 0.3 is 0 Å². The number of hydrogen-bond donors (Lipinski definition) is 1. The number of aromatic nitrogens is 2. The van der Waals surface area contributed by atoms with Crippen molar-refractivity contribution in [3.8, 4) is 0 Å². The third-order valence-corrected chi connectivity index (χ3v) is 4.74. The summed E-state index contributed by atoms with van der Waals surface area (Å²) in [7, 11) is 0. The maximum Gasteiger partial charge on any atom is 0.222 e. The van der Waals surface area contributed by atoms with Crippen molar-refractivity contribution < 1.29 is 4.79 Å². The summed E-state index contributed by atoms with van der Waals surface area (Å²) < 4.78 is 2.12. The molecule has 4 aromatic rings. The fourth-order valence-corrected chi connectivity index (χ4v) is 3.35. The summed E-state index contributed by atoms with van der Waals surface area (Å²) in [6.45, 7) is 0.650. The molecule has 4 heteroatoms. The molecule has 1 N–H and O–H groups in total. The van der Waals surface area contributed by atoms with E-state index in [-0.39, 0.29) is 11.9 Å². The lowest BCUT2D eigenvalue weighted by molar-refractivity contribution is -0.121. The van der Waals surface area contributed by atoms with Crippen molar-refractivity contribution in [1.82, 2.24) is 14.9 Å². The third-order valence-electron chi connectivity index (χ3n) is 4.74. The van der Waals surface area contributed by atoms with Crippen LogP contribution in [-0.4, -0.2) is 15.5 Å². The number of carbonyl (C=O) groups is 1. The summed E-state index contributed by atoms with van der Waals surface area (Å²) in [5, 5.41) is 4.37. The zero-order chi connectivity index (χ0) is 18.5. The van der Waals surface area contributed by atoms with Gasteiger partial charge < -0.3 is 9.88 Å². The number of carbonyl (C=O) groups excluding carboxylic acids is 1. The molecule has 0 saturated carbocycles.